The molecular weight excluding hydrogens is 406 g/mol. The first kappa shape index (κ1) is 20.3. The van der Waals surface area contributed by atoms with E-state index < -0.39 is 5.54 Å². The van der Waals surface area contributed by atoms with Crippen LogP contribution >= 0.6 is 11.6 Å². The van der Waals surface area contributed by atoms with Crippen LogP contribution in [-0.2, 0) is 4.74 Å². The molecule has 158 valence electrons. The molecular formula is C20H24ClN7O2. The van der Waals surface area contributed by atoms with E-state index in [0.29, 0.717) is 28.7 Å². The number of fused-ring (bicyclic) bond motifs is 2. The van der Waals surface area contributed by atoms with E-state index in [2.05, 4.69) is 22.4 Å². The first-order valence-corrected chi connectivity index (χ1v) is 10.2. The fourth-order valence-electron chi connectivity index (χ4n) is 4.87. The molecule has 1 aliphatic carbocycles. The van der Waals surface area contributed by atoms with E-state index in [9.17, 15) is 4.79 Å². The first-order chi connectivity index (χ1) is 14.3. The maximum atomic E-state index is 13.2. The summed E-state index contributed by atoms with van der Waals surface area (Å²) in [5.41, 5.74) is 0.715. The van der Waals surface area contributed by atoms with Crippen LogP contribution in [-0.4, -0.2) is 49.3 Å². The fraction of sp³-hybridized carbons (Fsp3) is 0.450. The van der Waals surface area contributed by atoms with E-state index >= 15 is 0 Å². The number of hydrogen-bond acceptors (Lipinski definition) is 6. The highest BCUT2D eigenvalue weighted by molar-refractivity contribution is 6.32. The van der Waals surface area contributed by atoms with E-state index in [0.717, 1.165) is 19.3 Å². The van der Waals surface area contributed by atoms with Crippen molar-refractivity contribution >= 4 is 35.1 Å². The van der Waals surface area contributed by atoms with Crippen molar-refractivity contribution in [1.82, 2.24) is 19.9 Å². The number of nitrogens with zero attached hydrogens (tertiary/aromatic N) is 4. The number of likely N-dealkylation sites (tertiary alicyclic amines) is 1. The molecule has 10 heteroatoms. The second-order valence-electron chi connectivity index (χ2n) is 8.17. The van der Waals surface area contributed by atoms with E-state index in [1.807, 2.05) is 4.90 Å². The number of hydrogen-bond donors (Lipinski definition) is 3. The highest BCUT2D eigenvalue weighted by Crippen LogP contribution is 2.52. The lowest BCUT2D eigenvalue weighted by molar-refractivity contribution is -0.0864. The summed E-state index contributed by atoms with van der Waals surface area (Å²) in [7, 11) is 0. The molecule has 2 aliphatic rings. The number of ether oxygens (including phenoxy) is 1. The van der Waals surface area contributed by atoms with Crippen LogP contribution in [0.5, 0.6) is 0 Å². The molecule has 2 bridgehead atoms. The average molecular weight is 430 g/mol. The average Bonchev–Trinajstić information content (AvgIpc) is 3.16. The van der Waals surface area contributed by atoms with Crippen molar-refractivity contribution in [3.05, 3.63) is 35.6 Å². The van der Waals surface area contributed by atoms with E-state index in [1.165, 1.54) is 11.7 Å². The number of piperidine rings is 1. The summed E-state index contributed by atoms with van der Waals surface area (Å²) in [5.74, 6) is 0.467. The molecule has 3 atom stereocenters. The Morgan fingerprint density at radius 2 is 2.07 bits per heavy atom. The molecule has 1 aromatic heterocycles. The van der Waals surface area contributed by atoms with Gasteiger partial charge in [-0.1, -0.05) is 18.5 Å². The quantitative estimate of drug-likeness (QED) is 0.501. The molecule has 3 N–H and O–H groups in total. The first-order valence-electron chi connectivity index (χ1n) is 9.84. The topological polar surface area (TPSA) is 120 Å². The molecule has 3 unspecified atom stereocenters. The minimum atomic E-state index is -0.447. The molecule has 2 heterocycles. The Labute approximate surface area is 179 Å². The molecule has 2 amide bonds. The van der Waals surface area contributed by atoms with Gasteiger partial charge in [0.05, 0.1) is 23.0 Å². The molecule has 1 saturated heterocycles. The minimum absolute atomic E-state index is 0.0198. The second-order valence-corrected chi connectivity index (χ2v) is 8.58. The van der Waals surface area contributed by atoms with Gasteiger partial charge in [0.25, 0.3) is 0 Å². The number of carbonyl (C=O) groups is 1. The van der Waals surface area contributed by atoms with Gasteiger partial charge in [-0.25, -0.2) is 4.79 Å². The second kappa shape index (κ2) is 7.71. The van der Waals surface area contributed by atoms with E-state index in [4.69, 9.17) is 27.2 Å². The number of rotatable bonds is 4. The van der Waals surface area contributed by atoms with E-state index in [-0.39, 0.29) is 23.9 Å². The molecule has 0 spiro atoms. The predicted molar refractivity (Wildman–Crippen MR) is 114 cm³/mol. The zero-order valence-electron chi connectivity index (χ0n) is 16.9. The van der Waals surface area contributed by atoms with Gasteiger partial charge in [-0.2, -0.15) is 15.0 Å². The number of nitrogens with one attached hydrogen (secondary N) is 3. The van der Waals surface area contributed by atoms with Gasteiger partial charge in [-0.15, -0.1) is 0 Å². The highest BCUT2D eigenvalue weighted by Gasteiger charge is 2.58. The third-order valence-electron chi connectivity index (χ3n) is 5.71. The molecule has 4 rings (SSSR count). The molecule has 1 saturated carbocycles. The Morgan fingerprint density at radius 1 is 1.33 bits per heavy atom. The largest absolute Gasteiger partial charge is 0.430 e. The molecule has 30 heavy (non-hydrogen) atoms. The van der Waals surface area contributed by atoms with Crippen LogP contribution in [0.3, 0.4) is 0 Å². The zero-order chi connectivity index (χ0) is 21.5. The van der Waals surface area contributed by atoms with Gasteiger partial charge in [0.15, 0.2) is 11.8 Å². The Hall–Kier alpha value is -2.94. The lowest BCUT2D eigenvalue weighted by Gasteiger charge is -2.63. The molecule has 2 aromatic rings. The molecule has 0 radical (unpaired) electrons. The number of anilines is 1. The van der Waals surface area contributed by atoms with Crippen molar-refractivity contribution in [2.75, 3.05) is 5.32 Å². The third-order valence-corrected chi connectivity index (χ3v) is 6.03. The van der Waals surface area contributed by atoms with Crippen molar-refractivity contribution in [2.45, 2.75) is 51.1 Å². The smallest absolute Gasteiger partial charge is 0.322 e. The summed E-state index contributed by atoms with van der Waals surface area (Å²) in [6.45, 7) is 3.67. The number of urea groups is 1. The molecule has 1 aromatic carbocycles. The minimum Gasteiger partial charge on any atom is -0.430 e. The molecule has 1 aliphatic heterocycles. The molecule has 2 fully saturated rings. The predicted octanol–water partition coefficient (Wildman–Crippen LogP) is 4.08. The zero-order valence-corrected chi connectivity index (χ0v) is 17.6. The van der Waals surface area contributed by atoms with Crippen molar-refractivity contribution in [2.24, 2.45) is 5.92 Å². The summed E-state index contributed by atoms with van der Waals surface area (Å²) >= 11 is 6.26. The maximum absolute atomic E-state index is 13.2. The van der Waals surface area contributed by atoms with E-state index in [1.54, 1.807) is 30.6 Å². The van der Waals surface area contributed by atoms with Gasteiger partial charge in [0, 0.05) is 25.1 Å². The van der Waals surface area contributed by atoms with Crippen LogP contribution in [0.1, 0.15) is 39.5 Å². The van der Waals surface area contributed by atoms with Gasteiger partial charge in [0.2, 0.25) is 0 Å². The van der Waals surface area contributed by atoms with Crippen molar-refractivity contribution < 1.29 is 9.53 Å². The van der Waals surface area contributed by atoms with Crippen molar-refractivity contribution in [1.29, 1.82) is 10.8 Å². The van der Waals surface area contributed by atoms with Crippen LogP contribution < -0.4 is 5.32 Å². The van der Waals surface area contributed by atoms with Crippen molar-refractivity contribution in [3.8, 4) is 5.69 Å². The summed E-state index contributed by atoms with van der Waals surface area (Å²) in [6, 6.07) is 5.10. The highest BCUT2D eigenvalue weighted by atomic mass is 35.5. The number of aromatic nitrogens is 3. The van der Waals surface area contributed by atoms with Gasteiger partial charge in [-0.05, 0) is 43.4 Å². The van der Waals surface area contributed by atoms with Crippen LogP contribution in [0.15, 0.2) is 30.6 Å². The molecule has 9 nitrogen and oxygen atoms in total. The number of benzene rings is 1. The number of carbonyl (C=O) groups excluding carboxylic acids is 1. The SMILES string of the molecule is CC(=N)OC(=N)CC12CC(C)CC(C1)N2C(=O)Nc1ccc(Cl)c(-n2nccn2)c1. The summed E-state index contributed by atoms with van der Waals surface area (Å²) in [5, 5.41) is 27.2. The lowest BCUT2D eigenvalue weighted by atomic mass is 9.63. The van der Waals surface area contributed by atoms with Crippen molar-refractivity contribution in [3.63, 3.8) is 0 Å². The van der Waals surface area contributed by atoms with Gasteiger partial charge >= 0.3 is 6.03 Å². The summed E-state index contributed by atoms with van der Waals surface area (Å²) in [6.07, 6.45) is 6.01. The fourth-order valence-corrected chi connectivity index (χ4v) is 5.06. The Balaban J connectivity index is 1.53. The Kier molecular flexibility index (Phi) is 5.23. The monoisotopic (exact) mass is 429 g/mol. The van der Waals surface area contributed by atoms with Crippen LogP contribution in [0, 0.1) is 16.7 Å². The van der Waals surface area contributed by atoms with Crippen LogP contribution in [0.2, 0.25) is 5.02 Å². The lowest BCUT2D eigenvalue weighted by Crippen LogP contribution is -2.72. The normalized spacial score (nSPS) is 24.7. The number of amides is 2. The number of halogens is 1. The Bertz CT molecular complexity index is 993. The van der Waals surface area contributed by atoms with Gasteiger partial charge < -0.3 is 15.0 Å². The standard InChI is InChI=1S/C20H24ClN7O2/c1-12-7-15-10-20(9-12,11-18(23)30-13(2)22)27(15)19(29)26-14-3-4-16(21)17(8-14)28-24-5-6-25-28/h3-6,8,12,15,22-23H,7,9-11H2,1-2H3,(H,26,29). The van der Waals surface area contributed by atoms with Gasteiger partial charge in [0.1, 0.15) is 5.69 Å². The maximum Gasteiger partial charge on any atom is 0.322 e. The van der Waals surface area contributed by atoms with Crippen LogP contribution in [0.4, 0.5) is 10.5 Å². The Morgan fingerprint density at radius 3 is 2.77 bits per heavy atom. The summed E-state index contributed by atoms with van der Waals surface area (Å²) < 4.78 is 5.17. The third kappa shape index (κ3) is 3.77. The van der Waals surface area contributed by atoms with Gasteiger partial charge in [-0.3, -0.25) is 10.8 Å². The summed E-state index contributed by atoms with van der Waals surface area (Å²) in [4.78, 5) is 16.4. The van der Waals surface area contributed by atoms with Crippen LogP contribution in [0.25, 0.3) is 5.69 Å².